The zero-order valence-corrected chi connectivity index (χ0v) is 13.0. The standard InChI is InChI=1S/C16H13N3O3S/c1-9(20)17-10-6-7-12-14(8-10)23-16(18-12)19-15(22)11-4-2-3-5-13(11)21/h2-8,21H,1H3,(H,17,20)(H,18,19,22). The second-order valence-corrected chi connectivity index (χ2v) is 5.88. The highest BCUT2D eigenvalue weighted by molar-refractivity contribution is 7.22. The number of para-hydroxylation sites is 1. The van der Waals surface area contributed by atoms with Crippen LogP contribution in [0, 0.1) is 0 Å². The van der Waals surface area contributed by atoms with Gasteiger partial charge in [-0.15, -0.1) is 0 Å². The van der Waals surface area contributed by atoms with Crippen LogP contribution in [0.4, 0.5) is 10.8 Å². The van der Waals surface area contributed by atoms with Gasteiger partial charge in [0, 0.05) is 12.6 Å². The number of hydrogen-bond donors (Lipinski definition) is 3. The molecule has 116 valence electrons. The van der Waals surface area contributed by atoms with E-state index < -0.39 is 5.91 Å². The minimum absolute atomic E-state index is 0.0842. The number of benzene rings is 2. The van der Waals surface area contributed by atoms with Gasteiger partial charge >= 0.3 is 0 Å². The smallest absolute Gasteiger partial charge is 0.261 e. The molecule has 2 amide bonds. The van der Waals surface area contributed by atoms with E-state index in [1.54, 1.807) is 30.3 Å². The zero-order chi connectivity index (χ0) is 16.4. The molecule has 0 aliphatic carbocycles. The van der Waals surface area contributed by atoms with Gasteiger partial charge < -0.3 is 10.4 Å². The molecule has 0 aliphatic rings. The molecule has 1 aromatic heterocycles. The number of carbonyl (C=O) groups is 2. The van der Waals surface area contributed by atoms with E-state index in [4.69, 9.17) is 0 Å². The van der Waals surface area contributed by atoms with Crippen molar-refractivity contribution in [2.75, 3.05) is 10.6 Å². The molecular weight excluding hydrogens is 314 g/mol. The van der Waals surface area contributed by atoms with Crippen LogP contribution in [-0.4, -0.2) is 21.9 Å². The first-order valence-electron chi connectivity index (χ1n) is 6.80. The van der Waals surface area contributed by atoms with Crippen molar-refractivity contribution in [2.45, 2.75) is 6.92 Å². The number of phenols is 1. The van der Waals surface area contributed by atoms with Gasteiger partial charge in [-0.1, -0.05) is 23.5 Å². The van der Waals surface area contributed by atoms with Crippen molar-refractivity contribution in [1.29, 1.82) is 0 Å². The quantitative estimate of drug-likeness (QED) is 0.689. The molecule has 0 radical (unpaired) electrons. The molecular formula is C16H13N3O3S. The average molecular weight is 327 g/mol. The summed E-state index contributed by atoms with van der Waals surface area (Å²) >= 11 is 1.29. The van der Waals surface area contributed by atoms with Gasteiger partial charge in [0.25, 0.3) is 5.91 Å². The van der Waals surface area contributed by atoms with Crippen molar-refractivity contribution < 1.29 is 14.7 Å². The molecule has 0 unspecified atom stereocenters. The number of rotatable bonds is 3. The van der Waals surface area contributed by atoms with E-state index in [0.29, 0.717) is 10.8 Å². The minimum Gasteiger partial charge on any atom is -0.507 e. The molecule has 3 rings (SSSR count). The van der Waals surface area contributed by atoms with Crippen molar-refractivity contribution in [1.82, 2.24) is 4.98 Å². The molecule has 0 bridgehead atoms. The average Bonchev–Trinajstić information content (AvgIpc) is 2.88. The van der Waals surface area contributed by atoms with Gasteiger partial charge in [0.1, 0.15) is 5.75 Å². The molecule has 0 atom stereocenters. The lowest BCUT2D eigenvalue weighted by atomic mass is 10.2. The van der Waals surface area contributed by atoms with Gasteiger partial charge in [-0.25, -0.2) is 4.98 Å². The number of fused-ring (bicyclic) bond motifs is 1. The highest BCUT2D eigenvalue weighted by Gasteiger charge is 2.13. The molecule has 0 saturated heterocycles. The number of nitrogens with zero attached hydrogens (tertiary/aromatic N) is 1. The molecule has 0 fully saturated rings. The van der Waals surface area contributed by atoms with Gasteiger partial charge in [0.15, 0.2) is 5.13 Å². The molecule has 2 aromatic carbocycles. The minimum atomic E-state index is -0.427. The van der Waals surface area contributed by atoms with Gasteiger partial charge in [0.05, 0.1) is 15.8 Å². The number of aromatic nitrogens is 1. The molecule has 0 aliphatic heterocycles. The van der Waals surface area contributed by atoms with Crippen LogP contribution in [0.25, 0.3) is 10.2 Å². The predicted octanol–water partition coefficient (Wildman–Crippen LogP) is 3.21. The van der Waals surface area contributed by atoms with Crippen LogP contribution in [0.1, 0.15) is 17.3 Å². The maximum absolute atomic E-state index is 12.2. The Morgan fingerprint density at radius 3 is 2.65 bits per heavy atom. The lowest BCUT2D eigenvalue weighted by molar-refractivity contribution is -0.114. The van der Waals surface area contributed by atoms with Crippen LogP contribution in [-0.2, 0) is 4.79 Å². The first-order valence-corrected chi connectivity index (χ1v) is 7.62. The summed E-state index contributed by atoms with van der Waals surface area (Å²) in [5.74, 6) is -0.662. The molecule has 6 nitrogen and oxygen atoms in total. The summed E-state index contributed by atoms with van der Waals surface area (Å²) in [6.07, 6.45) is 0. The second kappa shape index (κ2) is 6.05. The van der Waals surface area contributed by atoms with E-state index >= 15 is 0 Å². The Balaban J connectivity index is 1.85. The summed E-state index contributed by atoms with van der Waals surface area (Å²) in [5.41, 5.74) is 1.58. The summed E-state index contributed by atoms with van der Waals surface area (Å²) in [4.78, 5) is 27.6. The van der Waals surface area contributed by atoms with Crippen molar-refractivity contribution in [2.24, 2.45) is 0 Å². The number of aromatic hydroxyl groups is 1. The fourth-order valence-corrected chi connectivity index (χ4v) is 2.99. The van der Waals surface area contributed by atoms with E-state index in [2.05, 4.69) is 15.6 Å². The Labute approximate surface area is 135 Å². The van der Waals surface area contributed by atoms with Gasteiger partial charge in [-0.3, -0.25) is 14.9 Å². The lowest BCUT2D eigenvalue weighted by Crippen LogP contribution is -2.11. The highest BCUT2D eigenvalue weighted by atomic mass is 32.1. The molecule has 7 heteroatoms. The Kier molecular flexibility index (Phi) is 3.94. The molecule has 23 heavy (non-hydrogen) atoms. The maximum atomic E-state index is 12.2. The van der Waals surface area contributed by atoms with Gasteiger partial charge in [0.2, 0.25) is 5.91 Å². The van der Waals surface area contributed by atoms with Crippen LogP contribution in [0.2, 0.25) is 0 Å². The van der Waals surface area contributed by atoms with Crippen molar-refractivity contribution >= 4 is 44.2 Å². The normalized spacial score (nSPS) is 10.5. The topological polar surface area (TPSA) is 91.3 Å². The number of thiazole rings is 1. The third-order valence-electron chi connectivity index (χ3n) is 3.08. The van der Waals surface area contributed by atoms with Crippen LogP contribution >= 0.6 is 11.3 Å². The number of anilines is 2. The highest BCUT2D eigenvalue weighted by Crippen LogP contribution is 2.29. The molecule has 1 heterocycles. The molecule has 3 N–H and O–H groups in total. The first-order chi connectivity index (χ1) is 11.0. The second-order valence-electron chi connectivity index (χ2n) is 4.85. The third kappa shape index (κ3) is 3.29. The van der Waals surface area contributed by atoms with E-state index in [1.807, 2.05) is 0 Å². The fourth-order valence-electron chi connectivity index (χ4n) is 2.09. The predicted molar refractivity (Wildman–Crippen MR) is 90.0 cm³/mol. The summed E-state index contributed by atoms with van der Waals surface area (Å²) in [7, 11) is 0. The Bertz CT molecular complexity index is 904. The Morgan fingerprint density at radius 1 is 1.13 bits per heavy atom. The largest absolute Gasteiger partial charge is 0.507 e. The van der Waals surface area contributed by atoms with E-state index in [9.17, 15) is 14.7 Å². The zero-order valence-electron chi connectivity index (χ0n) is 12.2. The molecule has 0 saturated carbocycles. The molecule has 0 spiro atoms. The van der Waals surface area contributed by atoms with Crippen molar-refractivity contribution in [3.8, 4) is 5.75 Å². The summed E-state index contributed by atoms with van der Waals surface area (Å²) in [6.45, 7) is 1.44. The molecule has 3 aromatic rings. The van der Waals surface area contributed by atoms with Crippen LogP contribution in [0.15, 0.2) is 42.5 Å². The number of amides is 2. The monoisotopic (exact) mass is 327 g/mol. The van der Waals surface area contributed by atoms with Crippen molar-refractivity contribution in [3.63, 3.8) is 0 Å². The van der Waals surface area contributed by atoms with Crippen molar-refractivity contribution in [3.05, 3.63) is 48.0 Å². The van der Waals surface area contributed by atoms with E-state index in [1.165, 1.54) is 30.4 Å². The fraction of sp³-hybridized carbons (Fsp3) is 0.0625. The van der Waals surface area contributed by atoms with E-state index in [0.717, 1.165) is 10.2 Å². The van der Waals surface area contributed by atoms with Crippen LogP contribution in [0.5, 0.6) is 5.75 Å². The first kappa shape index (κ1) is 15.0. The third-order valence-corrected chi connectivity index (χ3v) is 4.01. The van der Waals surface area contributed by atoms with Gasteiger partial charge in [-0.2, -0.15) is 0 Å². The SMILES string of the molecule is CC(=O)Nc1ccc2nc(NC(=O)c3ccccc3O)sc2c1. The number of nitrogens with one attached hydrogen (secondary N) is 2. The number of phenolic OH excluding ortho intramolecular Hbond substituents is 1. The van der Waals surface area contributed by atoms with Gasteiger partial charge in [-0.05, 0) is 30.3 Å². The lowest BCUT2D eigenvalue weighted by Gasteiger charge is -2.03. The summed E-state index contributed by atoms with van der Waals surface area (Å²) < 4.78 is 0.837. The van der Waals surface area contributed by atoms with Crippen LogP contribution in [0.3, 0.4) is 0 Å². The Morgan fingerprint density at radius 2 is 1.91 bits per heavy atom. The summed E-state index contributed by atoms with van der Waals surface area (Å²) in [5, 5.41) is 15.5. The maximum Gasteiger partial charge on any atom is 0.261 e. The Hall–Kier alpha value is -2.93. The van der Waals surface area contributed by atoms with E-state index in [-0.39, 0.29) is 17.2 Å². The van der Waals surface area contributed by atoms with Crippen LogP contribution < -0.4 is 10.6 Å². The number of carbonyl (C=O) groups excluding carboxylic acids is 2. The summed E-state index contributed by atoms with van der Waals surface area (Å²) in [6, 6.07) is 11.6. The number of hydrogen-bond acceptors (Lipinski definition) is 5.